The maximum Gasteiger partial charge on any atom is 0.185 e. The van der Waals surface area contributed by atoms with Crippen LogP contribution in [0.2, 0.25) is 0 Å². The fourth-order valence-corrected chi connectivity index (χ4v) is 3.43. The lowest BCUT2D eigenvalue weighted by atomic mass is 10.2. The van der Waals surface area contributed by atoms with Crippen LogP contribution in [0.4, 0.5) is 5.82 Å². The predicted octanol–water partition coefficient (Wildman–Crippen LogP) is 3.53. The molecule has 3 heterocycles. The first-order chi connectivity index (χ1) is 14.2. The average molecular weight is 382 g/mol. The molecule has 0 aliphatic carbocycles. The van der Waals surface area contributed by atoms with Crippen LogP contribution in [0.15, 0.2) is 66.0 Å². The zero-order valence-electron chi connectivity index (χ0n) is 16.0. The number of nitrogens with one attached hydrogen (secondary N) is 1. The Kier molecular flexibility index (Phi) is 4.02. The number of hydrogen-bond donors (Lipinski definition) is 1. The largest absolute Gasteiger partial charge is 0.259 e. The summed E-state index contributed by atoms with van der Waals surface area (Å²) in [5.74, 6) is 0.634. The summed E-state index contributed by atoms with van der Waals surface area (Å²) in [6.07, 6.45) is 3.36. The number of para-hydroxylation sites is 1. The van der Waals surface area contributed by atoms with Crippen molar-refractivity contribution < 1.29 is 0 Å². The molecule has 0 amide bonds. The van der Waals surface area contributed by atoms with Gasteiger partial charge in [-0.3, -0.25) is 5.43 Å². The van der Waals surface area contributed by atoms with E-state index in [0.717, 1.165) is 33.4 Å². The quantitative estimate of drug-likeness (QED) is 0.380. The predicted molar refractivity (Wildman–Crippen MR) is 113 cm³/mol. The zero-order chi connectivity index (χ0) is 19.8. The summed E-state index contributed by atoms with van der Waals surface area (Å²) >= 11 is 0. The molecule has 5 aromatic rings. The highest BCUT2D eigenvalue weighted by atomic mass is 15.4. The van der Waals surface area contributed by atoms with E-state index in [1.165, 1.54) is 0 Å². The lowest BCUT2D eigenvalue weighted by Gasteiger charge is -2.06. The van der Waals surface area contributed by atoms with Gasteiger partial charge in [0, 0.05) is 16.3 Å². The molecule has 29 heavy (non-hydrogen) atoms. The molecular formula is C21H18N8. The summed E-state index contributed by atoms with van der Waals surface area (Å²) in [6.45, 7) is 4.01. The summed E-state index contributed by atoms with van der Waals surface area (Å²) in [5.41, 5.74) is 7.69. The Morgan fingerprint density at radius 1 is 0.931 bits per heavy atom. The van der Waals surface area contributed by atoms with Crippen molar-refractivity contribution in [2.24, 2.45) is 5.10 Å². The van der Waals surface area contributed by atoms with Crippen molar-refractivity contribution in [3.8, 4) is 5.69 Å². The van der Waals surface area contributed by atoms with Gasteiger partial charge in [-0.1, -0.05) is 42.5 Å². The van der Waals surface area contributed by atoms with Crippen LogP contribution in [-0.4, -0.2) is 35.8 Å². The minimum absolute atomic E-state index is 0.634. The number of benzene rings is 2. The van der Waals surface area contributed by atoms with E-state index in [2.05, 4.69) is 30.9 Å². The number of aromatic nitrogens is 6. The molecule has 0 spiro atoms. The molecular weight excluding hydrogens is 364 g/mol. The van der Waals surface area contributed by atoms with Gasteiger partial charge in [-0.25, -0.2) is 4.68 Å². The molecule has 0 fully saturated rings. The van der Waals surface area contributed by atoms with Crippen molar-refractivity contribution in [2.75, 3.05) is 5.43 Å². The van der Waals surface area contributed by atoms with Gasteiger partial charge in [0.25, 0.3) is 0 Å². The fourth-order valence-electron chi connectivity index (χ4n) is 3.43. The molecule has 0 aliphatic rings. The Balaban J connectivity index is 1.50. The average Bonchev–Trinajstić information content (AvgIpc) is 3.34. The number of hydrogen-bond acceptors (Lipinski definition) is 6. The van der Waals surface area contributed by atoms with Gasteiger partial charge in [-0.15, -0.1) is 15.3 Å². The second kappa shape index (κ2) is 6.83. The molecule has 0 saturated heterocycles. The van der Waals surface area contributed by atoms with Gasteiger partial charge in [0.15, 0.2) is 11.5 Å². The van der Waals surface area contributed by atoms with Gasteiger partial charge < -0.3 is 0 Å². The Labute approximate surface area is 166 Å². The van der Waals surface area contributed by atoms with Crippen LogP contribution in [0.25, 0.3) is 22.1 Å². The minimum Gasteiger partial charge on any atom is -0.259 e. The molecule has 0 unspecified atom stereocenters. The molecule has 0 atom stereocenters. The van der Waals surface area contributed by atoms with Crippen LogP contribution in [0, 0.1) is 13.8 Å². The molecule has 0 radical (unpaired) electrons. The van der Waals surface area contributed by atoms with Gasteiger partial charge in [0.2, 0.25) is 0 Å². The first kappa shape index (κ1) is 17.1. The molecule has 3 aromatic heterocycles. The first-order valence-electron chi connectivity index (χ1n) is 9.22. The summed E-state index contributed by atoms with van der Waals surface area (Å²) in [6, 6.07) is 18.0. The highest BCUT2D eigenvalue weighted by molar-refractivity contribution is 6.00. The van der Waals surface area contributed by atoms with E-state index in [0.29, 0.717) is 11.5 Å². The van der Waals surface area contributed by atoms with Crippen LogP contribution in [0.5, 0.6) is 0 Å². The SMILES string of the molecule is Cc1nn(-c2ccccc2)c(C)c1/C=N/Nc1nn2cnnc2c2ccccc12. The molecule has 0 bridgehead atoms. The van der Waals surface area contributed by atoms with E-state index >= 15 is 0 Å². The Bertz CT molecular complexity index is 1350. The molecule has 8 nitrogen and oxygen atoms in total. The maximum absolute atomic E-state index is 4.65. The highest BCUT2D eigenvalue weighted by Gasteiger charge is 2.12. The van der Waals surface area contributed by atoms with Crippen molar-refractivity contribution in [2.45, 2.75) is 13.8 Å². The van der Waals surface area contributed by atoms with E-state index in [1.807, 2.05) is 73.1 Å². The van der Waals surface area contributed by atoms with Crippen molar-refractivity contribution in [1.29, 1.82) is 0 Å². The standard InChI is InChI=1S/C21H18N8/c1-14-19(15(2)29(26-14)16-8-4-3-5-9-16)12-22-24-20-17-10-6-7-11-18(17)21-25-23-13-28(21)27-20/h3-13H,1-2H3,(H,24,27)/b22-12+. The molecule has 1 N–H and O–H groups in total. The fraction of sp³-hybridized carbons (Fsp3) is 0.0952. The third kappa shape index (κ3) is 2.91. The lowest BCUT2D eigenvalue weighted by Crippen LogP contribution is -2.01. The number of aryl methyl sites for hydroxylation is 1. The van der Waals surface area contributed by atoms with Crippen LogP contribution in [0.3, 0.4) is 0 Å². The highest BCUT2D eigenvalue weighted by Crippen LogP contribution is 2.24. The Morgan fingerprint density at radius 2 is 1.69 bits per heavy atom. The van der Waals surface area contributed by atoms with E-state index in [9.17, 15) is 0 Å². The van der Waals surface area contributed by atoms with Crippen LogP contribution < -0.4 is 5.43 Å². The summed E-state index contributed by atoms with van der Waals surface area (Å²) < 4.78 is 3.57. The van der Waals surface area contributed by atoms with Gasteiger partial charge in [0.1, 0.15) is 6.33 Å². The topological polar surface area (TPSA) is 85.3 Å². The van der Waals surface area contributed by atoms with E-state index in [-0.39, 0.29) is 0 Å². The smallest absolute Gasteiger partial charge is 0.185 e. The monoisotopic (exact) mass is 382 g/mol. The second-order valence-electron chi connectivity index (χ2n) is 6.70. The van der Waals surface area contributed by atoms with Crippen LogP contribution >= 0.6 is 0 Å². The minimum atomic E-state index is 0.634. The first-order valence-corrected chi connectivity index (χ1v) is 9.22. The van der Waals surface area contributed by atoms with Gasteiger partial charge >= 0.3 is 0 Å². The van der Waals surface area contributed by atoms with Gasteiger partial charge in [-0.2, -0.15) is 14.7 Å². The van der Waals surface area contributed by atoms with Crippen molar-refractivity contribution >= 4 is 28.5 Å². The van der Waals surface area contributed by atoms with Crippen LogP contribution in [-0.2, 0) is 0 Å². The van der Waals surface area contributed by atoms with E-state index in [4.69, 9.17) is 0 Å². The number of anilines is 1. The molecule has 0 saturated carbocycles. The van der Waals surface area contributed by atoms with Crippen molar-refractivity contribution in [3.63, 3.8) is 0 Å². The number of rotatable bonds is 4. The normalized spacial score (nSPS) is 11.7. The van der Waals surface area contributed by atoms with E-state index < -0.39 is 0 Å². The third-order valence-electron chi connectivity index (χ3n) is 4.87. The van der Waals surface area contributed by atoms with Gasteiger partial charge in [0.05, 0.1) is 23.3 Å². The molecule has 0 aliphatic heterocycles. The van der Waals surface area contributed by atoms with E-state index in [1.54, 1.807) is 17.1 Å². The summed E-state index contributed by atoms with van der Waals surface area (Å²) in [5, 5.41) is 23.6. The molecule has 5 rings (SSSR count). The van der Waals surface area contributed by atoms with Gasteiger partial charge in [-0.05, 0) is 26.0 Å². The number of hydrazone groups is 1. The third-order valence-corrected chi connectivity index (χ3v) is 4.87. The summed E-state index contributed by atoms with van der Waals surface area (Å²) in [7, 11) is 0. The second-order valence-corrected chi connectivity index (χ2v) is 6.70. The lowest BCUT2D eigenvalue weighted by molar-refractivity contribution is 0.833. The molecule has 2 aromatic carbocycles. The Hall–Kier alpha value is -4.07. The Morgan fingerprint density at radius 3 is 2.52 bits per heavy atom. The van der Waals surface area contributed by atoms with Crippen molar-refractivity contribution in [1.82, 2.24) is 29.6 Å². The van der Waals surface area contributed by atoms with Crippen molar-refractivity contribution in [3.05, 3.63) is 77.9 Å². The summed E-state index contributed by atoms with van der Waals surface area (Å²) in [4.78, 5) is 0. The zero-order valence-corrected chi connectivity index (χ0v) is 16.0. The number of fused-ring (bicyclic) bond motifs is 3. The maximum atomic E-state index is 4.65. The number of nitrogens with zero attached hydrogens (tertiary/aromatic N) is 7. The molecule has 8 heteroatoms. The molecule has 142 valence electrons. The van der Waals surface area contributed by atoms with Crippen LogP contribution in [0.1, 0.15) is 17.0 Å².